The molecular formula is C16H25N5O. The second-order valence-corrected chi connectivity index (χ2v) is 6.48. The van der Waals surface area contributed by atoms with Gasteiger partial charge in [0.2, 0.25) is 5.89 Å². The van der Waals surface area contributed by atoms with Gasteiger partial charge in [-0.3, -0.25) is 5.10 Å². The standard InChI is InChI=1S/C16H25N5O/c1-11-12(2)18-19-14(11)4-5-16-17-15(20-22-16)10-13-6-8-21(3)9-7-13/h13H,4-10H2,1-3H3,(H,18,19). The van der Waals surface area contributed by atoms with Gasteiger partial charge < -0.3 is 9.42 Å². The molecule has 2 aromatic rings. The van der Waals surface area contributed by atoms with Crippen molar-refractivity contribution in [1.29, 1.82) is 0 Å². The van der Waals surface area contributed by atoms with Crippen molar-refractivity contribution in [2.45, 2.75) is 46.0 Å². The zero-order valence-electron chi connectivity index (χ0n) is 13.7. The van der Waals surface area contributed by atoms with Crippen LogP contribution in [0.25, 0.3) is 0 Å². The summed E-state index contributed by atoms with van der Waals surface area (Å²) in [7, 11) is 2.18. The Morgan fingerprint density at radius 3 is 2.68 bits per heavy atom. The van der Waals surface area contributed by atoms with Gasteiger partial charge in [0.15, 0.2) is 5.82 Å². The summed E-state index contributed by atoms with van der Waals surface area (Å²) in [6, 6.07) is 0. The lowest BCUT2D eigenvalue weighted by atomic mass is 9.94. The van der Waals surface area contributed by atoms with Crippen LogP contribution < -0.4 is 0 Å². The van der Waals surface area contributed by atoms with Crippen molar-refractivity contribution in [3.8, 4) is 0 Å². The van der Waals surface area contributed by atoms with Crippen LogP contribution >= 0.6 is 0 Å². The summed E-state index contributed by atoms with van der Waals surface area (Å²) in [4.78, 5) is 6.93. The molecule has 0 saturated carbocycles. The predicted molar refractivity (Wildman–Crippen MR) is 83.7 cm³/mol. The predicted octanol–water partition coefficient (Wildman–Crippen LogP) is 2.08. The number of nitrogens with zero attached hydrogens (tertiary/aromatic N) is 4. The molecule has 1 aliphatic rings. The fourth-order valence-electron chi connectivity index (χ4n) is 3.00. The van der Waals surface area contributed by atoms with Crippen molar-refractivity contribution in [2.24, 2.45) is 5.92 Å². The lowest BCUT2D eigenvalue weighted by molar-refractivity contribution is 0.216. The largest absolute Gasteiger partial charge is 0.339 e. The number of aromatic amines is 1. The molecule has 1 N–H and O–H groups in total. The van der Waals surface area contributed by atoms with Gasteiger partial charge in [0.25, 0.3) is 0 Å². The van der Waals surface area contributed by atoms with Crippen molar-refractivity contribution >= 4 is 0 Å². The summed E-state index contributed by atoms with van der Waals surface area (Å²) < 4.78 is 5.39. The van der Waals surface area contributed by atoms with Crippen molar-refractivity contribution in [2.75, 3.05) is 20.1 Å². The normalized spacial score (nSPS) is 17.2. The maximum Gasteiger partial charge on any atom is 0.227 e. The maximum atomic E-state index is 5.39. The van der Waals surface area contributed by atoms with Gasteiger partial charge in [-0.05, 0) is 58.3 Å². The van der Waals surface area contributed by atoms with Gasteiger partial charge in [0.1, 0.15) is 0 Å². The molecule has 120 valence electrons. The minimum atomic E-state index is 0.692. The second kappa shape index (κ2) is 6.60. The van der Waals surface area contributed by atoms with Crippen molar-refractivity contribution in [3.05, 3.63) is 28.7 Å². The average molecular weight is 303 g/mol. The van der Waals surface area contributed by atoms with Crippen LogP contribution in [0.2, 0.25) is 0 Å². The summed E-state index contributed by atoms with van der Waals surface area (Å²) in [5.74, 6) is 2.28. The van der Waals surface area contributed by atoms with Crippen LogP contribution in [0.4, 0.5) is 0 Å². The van der Waals surface area contributed by atoms with E-state index in [2.05, 4.69) is 39.2 Å². The maximum absolute atomic E-state index is 5.39. The molecule has 0 bridgehead atoms. The second-order valence-electron chi connectivity index (χ2n) is 6.48. The van der Waals surface area contributed by atoms with E-state index >= 15 is 0 Å². The zero-order chi connectivity index (χ0) is 15.5. The molecule has 0 atom stereocenters. The minimum absolute atomic E-state index is 0.692. The van der Waals surface area contributed by atoms with E-state index in [0.29, 0.717) is 5.92 Å². The first kappa shape index (κ1) is 15.2. The lowest BCUT2D eigenvalue weighted by Crippen LogP contribution is -2.31. The summed E-state index contributed by atoms with van der Waals surface area (Å²) in [5, 5.41) is 11.5. The molecule has 2 aromatic heterocycles. The molecule has 0 radical (unpaired) electrons. The fourth-order valence-corrected chi connectivity index (χ4v) is 3.00. The van der Waals surface area contributed by atoms with E-state index in [-0.39, 0.29) is 0 Å². The fraction of sp³-hybridized carbons (Fsp3) is 0.688. The van der Waals surface area contributed by atoms with Gasteiger partial charge in [0, 0.05) is 25.0 Å². The zero-order valence-corrected chi connectivity index (χ0v) is 13.7. The van der Waals surface area contributed by atoms with Crippen LogP contribution in [0.3, 0.4) is 0 Å². The molecule has 0 spiro atoms. The van der Waals surface area contributed by atoms with E-state index in [1.807, 2.05) is 6.92 Å². The Labute approximate surface area is 131 Å². The number of hydrogen-bond acceptors (Lipinski definition) is 5. The van der Waals surface area contributed by atoms with E-state index in [0.717, 1.165) is 42.4 Å². The summed E-state index contributed by atoms with van der Waals surface area (Å²) >= 11 is 0. The third-order valence-corrected chi connectivity index (χ3v) is 4.75. The van der Waals surface area contributed by atoms with Gasteiger partial charge >= 0.3 is 0 Å². The smallest absolute Gasteiger partial charge is 0.227 e. The Morgan fingerprint density at radius 2 is 2.00 bits per heavy atom. The van der Waals surface area contributed by atoms with E-state index in [1.54, 1.807) is 0 Å². The molecule has 3 heterocycles. The molecule has 6 nitrogen and oxygen atoms in total. The van der Waals surface area contributed by atoms with Crippen LogP contribution in [-0.4, -0.2) is 45.4 Å². The number of rotatable bonds is 5. The third-order valence-electron chi connectivity index (χ3n) is 4.75. The summed E-state index contributed by atoms with van der Waals surface area (Å²) in [5.41, 5.74) is 3.45. The highest BCUT2D eigenvalue weighted by atomic mass is 16.5. The first-order valence-electron chi connectivity index (χ1n) is 8.12. The average Bonchev–Trinajstić information content (AvgIpc) is 3.08. The van der Waals surface area contributed by atoms with Gasteiger partial charge in [-0.2, -0.15) is 10.1 Å². The topological polar surface area (TPSA) is 70.8 Å². The molecule has 22 heavy (non-hydrogen) atoms. The van der Waals surface area contributed by atoms with Crippen LogP contribution in [0.15, 0.2) is 4.52 Å². The van der Waals surface area contributed by atoms with Gasteiger partial charge in [-0.15, -0.1) is 0 Å². The lowest BCUT2D eigenvalue weighted by Gasteiger charge is -2.27. The van der Waals surface area contributed by atoms with Crippen LogP contribution in [0.5, 0.6) is 0 Å². The monoisotopic (exact) mass is 303 g/mol. The first-order valence-corrected chi connectivity index (χ1v) is 8.12. The van der Waals surface area contributed by atoms with Gasteiger partial charge in [0.05, 0.1) is 5.69 Å². The first-order chi connectivity index (χ1) is 10.6. The molecule has 0 unspecified atom stereocenters. The SMILES string of the molecule is Cc1[nH]nc(CCc2nc(CC3CCN(C)CC3)no2)c1C. The Bertz CT molecular complexity index is 610. The van der Waals surface area contributed by atoms with Crippen LogP contribution in [0.1, 0.15) is 41.5 Å². The van der Waals surface area contributed by atoms with Crippen LogP contribution in [0, 0.1) is 19.8 Å². The molecule has 0 aromatic carbocycles. The molecule has 1 saturated heterocycles. The highest BCUT2D eigenvalue weighted by Gasteiger charge is 2.19. The number of nitrogens with one attached hydrogen (secondary N) is 1. The van der Waals surface area contributed by atoms with Crippen molar-refractivity contribution < 1.29 is 4.52 Å². The van der Waals surface area contributed by atoms with E-state index < -0.39 is 0 Å². The van der Waals surface area contributed by atoms with Crippen LogP contribution in [-0.2, 0) is 19.3 Å². The molecule has 1 fully saturated rings. The Morgan fingerprint density at radius 1 is 1.23 bits per heavy atom. The van der Waals surface area contributed by atoms with Gasteiger partial charge in [-0.25, -0.2) is 0 Å². The molecule has 6 heteroatoms. The quantitative estimate of drug-likeness (QED) is 0.915. The van der Waals surface area contributed by atoms with E-state index in [1.165, 1.54) is 31.5 Å². The third kappa shape index (κ3) is 3.55. The number of piperidine rings is 1. The Kier molecular flexibility index (Phi) is 4.57. The summed E-state index contributed by atoms with van der Waals surface area (Å²) in [6.07, 6.45) is 4.99. The molecule has 0 aliphatic carbocycles. The molecule has 0 amide bonds. The minimum Gasteiger partial charge on any atom is -0.339 e. The van der Waals surface area contributed by atoms with Crippen molar-refractivity contribution in [3.63, 3.8) is 0 Å². The van der Waals surface area contributed by atoms with E-state index in [4.69, 9.17) is 4.52 Å². The summed E-state index contributed by atoms with van der Waals surface area (Å²) in [6.45, 7) is 6.48. The highest BCUT2D eigenvalue weighted by molar-refractivity contribution is 5.22. The highest BCUT2D eigenvalue weighted by Crippen LogP contribution is 2.20. The Hall–Kier alpha value is -1.69. The van der Waals surface area contributed by atoms with Gasteiger partial charge in [-0.1, -0.05) is 5.16 Å². The molecular weight excluding hydrogens is 278 g/mol. The number of aryl methyl sites for hydroxylation is 3. The number of H-pyrrole nitrogens is 1. The number of hydrogen-bond donors (Lipinski definition) is 1. The number of likely N-dealkylation sites (tertiary alicyclic amines) is 1. The molecule has 1 aliphatic heterocycles. The molecule has 3 rings (SSSR count). The Balaban J connectivity index is 1.52. The van der Waals surface area contributed by atoms with Crippen molar-refractivity contribution in [1.82, 2.24) is 25.2 Å². The number of aromatic nitrogens is 4. The van der Waals surface area contributed by atoms with E-state index in [9.17, 15) is 0 Å².